The van der Waals surface area contributed by atoms with Gasteiger partial charge in [0.1, 0.15) is 11.5 Å². The van der Waals surface area contributed by atoms with Gasteiger partial charge < -0.3 is 9.47 Å². The molecule has 2 aromatic carbocycles. The fourth-order valence-electron chi connectivity index (χ4n) is 2.16. The van der Waals surface area contributed by atoms with Crippen molar-refractivity contribution in [3.8, 4) is 11.5 Å². The van der Waals surface area contributed by atoms with E-state index in [4.69, 9.17) is 9.47 Å². The van der Waals surface area contributed by atoms with Crippen LogP contribution >= 0.6 is 0 Å². The van der Waals surface area contributed by atoms with Gasteiger partial charge in [0, 0.05) is 10.8 Å². The summed E-state index contributed by atoms with van der Waals surface area (Å²) in [6.45, 7) is 7.69. The average molecular weight is 240 g/mol. The van der Waals surface area contributed by atoms with Crippen LogP contribution in [-0.2, 0) is 0 Å². The molecule has 0 atom stereocenters. The predicted octanol–water partition coefficient (Wildman–Crippen LogP) is 4.14. The van der Waals surface area contributed by atoms with Crippen LogP contribution in [0.1, 0.15) is 11.1 Å². The zero-order valence-corrected chi connectivity index (χ0v) is 10.7. The van der Waals surface area contributed by atoms with Gasteiger partial charge in [-0.25, -0.2) is 0 Å². The van der Waals surface area contributed by atoms with E-state index >= 15 is 0 Å². The molecule has 18 heavy (non-hydrogen) atoms. The third-order valence-corrected chi connectivity index (χ3v) is 3.03. The number of hydrogen-bond donors (Lipinski definition) is 0. The molecule has 2 aromatic rings. The Kier molecular flexibility index (Phi) is 3.38. The second-order valence-electron chi connectivity index (χ2n) is 3.87. The second kappa shape index (κ2) is 4.96. The number of rotatable bonds is 4. The van der Waals surface area contributed by atoms with Gasteiger partial charge in [-0.2, -0.15) is 0 Å². The largest absolute Gasteiger partial charge is 0.496 e. The molecule has 0 bridgehead atoms. The van der Waals surface area contributed by atoms with Gasteiger partial charge in [-0.3, -0.25) is 0 Å². The lowest BCUT2D eigenvalue weighted by Gasteiger charge is -2.14. The molecule has 0 aromatic heterocycles. The first-order valence-corrected chi connectivity index (χ1v) is 5.69. The van der Waals surface area contributed by atoms with E-state index in [1.807, 2.05) is 36.4 Å². The number of hydrogen-bond acceptors (Lipinski definition) is 2. The number of fused-ring (bicyclic) bond motifs is 1. The van der Waals surface area contributed by atoms with E-state index in [1.54, 1.807) is 14.2 Å². The highest BCUT2D eigenvalue weighted by Crippen LogP contribution is 2.38. The Labute approximate surface area is 107 Å². The van der Waals surface area contributed by atoms with Crippen molar-refractivity contribution in [1.82, 2.24) is 0 Å². The van der Waals surface area contributed by atoms with E-state index in [-0.39, 0.29) is 0 Å². The topological polar surface area (TPSA) is 18.5 Å². The zero-order chi connectivity index (χ0) is 13.1. The molecule has 0 amide bonds. The van der Waals surface area contributed by atoms with Gasteiger partial charge in [-0.1, -0.05) is 37.4 Å². The fraction of sp³-hybridized carbons (Fsp3) is 0.125. The summed E-state index contributed by atoms with van der Waals surface area (Å²) in [6, 6.07) is 7.82. The minimum absolute atomic E-state index is 0.810. The molecule has 92 valence electrons. The maximum atomic E-state index is 5.43. The summed E-state index contributed by atoms with van der Waals surface area (Å²) in [5.74, 6) is 1.62. The summed E-state index contributed by atoms with van der Waals surface area (Å²) in [5.41, 5.74) is 2.04. The monoisotopic (exact) mass is 240 g/mol. The molecule has 2 heteroatoms. The van der Waals surface area contributed by atoms with Crippen LogP contribution in [0.5, 0.6) is 11.5 Å². The molecule has 0 saturated heterocycles. The lowest BCUT2D eigenvalue weighted by molar-refractivity contribution is 0.415. The standard InChI is InChI=1S/C16H16O2/c1-5-11-7-9-14(18-4)16-12(6-2)8-10-13(17-3)15(11)16/h5-10H,1-2H2,3-4H3. The molecule has 0 aliphatic rings. The molecule has 2 nitrogen and oxygen atoms in total. The Hall–Kier alpha value is -2.22. The zero-order valence-electron chi connectivity index (χ0n) is 10.7. The average Bonchev–Trinajstić information content (AvgIpc) is 2.44. The second-order valence-corrected chi connectivity index (χ2v) is 3.87. The van der Waals surface area contributed by atoms with Crippen molar-refractivity contribution in [2.24, 2.45) is 0 Å². The van der Waals surface area contributed by atoms with Crippen LogP contribution in [0.25, 0.3) is 22.9 Å². The summed E-state index contributed by atoms with van der Waals surface area (Å²) in [6.07, 6.45) is 3.63. The maximum absolute atomic E-state index is 5.43. The summed E-state index contributed by atoms with van der Waals surface area (Å²) >= 11 is 0. The molecule has 0 spiro atoms. The van der Waals surface area contributed by atoms with Crippen molar-refractivity contribution in [1.29, 1.82) is 0 Å². The van der Waals surface area contributed by atoms with Crippen LogP contribution in [0.15, 0.2) is 37.4 Å². The van der Waals surface area contributed by atoms with E-state index in [0.717, 1.165) is 33.4 Å². The summed E-state index contributed by atoms with van der Waals surface area (Å²) in [7, 11) is 3.32. The van der Waals surface area contributed by atoms with Crippen molar-refractivity contribution in [3.63, 3.8) is 0 Å². The first-order valence-electron chi connectivity index (χ1n) is 5.69. The summed E-state index contributed by atoms with van der Waals surface area (Å²) in [4.78, 5) is 0. The summed E-state index contributed by atoms with van der Waals surface area (Å²) in [5, 5.41) is 2.01. The SMILES string of the molecule is C=Cc1ccc(OC)c2c(C=C)ccc(OC)c12. The quantitative estimate of drug-likeness (QED) is 0.799. The lowest BCUT2D eigenvalue weighted by atomic mass is 9.98. The van der Waals surface area contributed by atoms with E-state index in [2.05, 4.69) is 13.2 Å². The minimum Gasteiger partial charge on any atom is -0.496 e. The Balaban J connectivity index is 3.01. The van der Waals surface area contributed by atoms with Crippen LogP contribution in [-0.4, -0.2) is 14.2 Å². The first kappa shape index (κ1) is 12.2. The van der Waals surface area contributed by atoms with Crippen molar-refractivity contribution in [2.75, 3.05) is 14.2 Å². The van der Waals surface area contributed by atoms with Crippen molar-refractivity contribution in [2.45, 2.75) is 0 Å². The van der Waals surface area contributed by atoms with E-state index in [0.29, 0.717) is 0 Å². The van der Waals surface area contributed by atoms with Gasteiger partial charge in [0.2, 0.25) is 0 Å². The molecule has 0 unspecified atom stereocenters. The van der Waals surface area contributed by atoms with Crippen molar-refractivity contribution in [3.05, 3.63) is 48.6 Å². The lowest BCUT2D eigenvalue weighted by Crippen LogP contribution is -1.93. The van der Waals surface area contributed by atoms with Gasteiger partial charge in [0.15, 0.2) is 0 Å². The van der Waals surface area contributed by atoms with Gasteiger partial charge in [-0.15, -0.1) is 0 Å². The van der Waals surface area contributed by atoms with E-state index in [9.17, 15) is 0 Å². The van der Waals surface area contributed by atoms with Gasteiger partial charge >= 0.3 is 0 Å². The normalized spacial score (nSPS) is 10.1. The molecular weight excluding hydrogens is 224 g/mol. The van der Waals surface area contributed by atoms with E-state index < -0.39 is 0 Å². The van der Waals surface area contributed by atoms with Crippen LogP contribution < -0.4 is 9.47 Å². The molecule has 0 N–H and O–H groups in total. The Morgan fingerprint density at radius 3 is 1.44 bits per heavy atom. The number of ether oxygens (including phenoxy) is 2. The molecule has 0 saturated carbocycles. The highest BCUT2D eigenvalue weighted by atomic mass is 16.5. The molecule has 0 fully saturated rings. The summed E-state index contributed by atoms with van der Waals surface area (Å²) < 4.78 is 10.9. The van der Waals surface area contributed by atoms with Crippen LogP contribution in [0.3, 0.4) is 0 Å². The minimum atomic E-state index is 0.810. The first-order chi connectivity index (χ1) is 8.76. The molecule has 0 radical (unpaired) electrons. The Morgan fingerprint density at radius 2 is 1.17 bits per heavy atom. The number of benzene rings is 2. The van der Waals surface area contributed by atoms with Gasteiger partial charge in [-0.05, 0) is 23.3 Å². The van der Waals surface area contributed by atoms with E-state index in [1.165, 1.54) is 0 Å². The smallest absolute Gasteiger partial charge is 0.127 e. The fourth-order valence-corrected chi connectivity index (χ4v) is 2.16. The highest BCUT2D eigenvalue weighted by Gasteiger charge is 2.12. The van der Waals surface area contributed by atoms with Crippen LogP contribution in [0.2, 0.25) is 0 Å². The van der Waals surface area contributed by atoms with Gasteiger partial charge in [0.05, 0.1) is 14.2 Å². The number of methoxy groups -OCH3 is 2. The molecule has 0 aliphatic heterocycles. The molecule has 2 rings (SSSR count). The highest BCUT2D eigenvalue weighted by molar-refractivity contribution is 6.03. The predicted molar refractivity (Wildman–Crippen MR) is 77.2 cm³/mol. The Bertz CT molecular complexity index is 557. The molecular formula is C16H16O2. The third-order valence-electron chi connectivity index (χ3n) is 3.03. The molecule has 0 heterocycles. The third kappa shape index (κ3) is 1.76. The van der Waals surface area contributed by atoms with Crippen LogP contribution in [0, 0.1) is 0 Å². The maximum Gasteiger partial charge on any atom is 0.127 e. The molecule has 0 aliphatic carbocycles. The Morgan fingerprint density at radius 1 is 0.778 bits per heavy atom. The van der Waals surface area contributed by atoms with Crippen molar-refractivity contribution >= 4 is 22.9 Å². The van der Waals surface area contributed by atoms with Crippen molar-refractivity contribution < 1.29 is 9.47 Å². The van der Waals surface area contributed by atoms with Gasteiger partial charge in [0.25, 0.3) is 0 Å². The van der Waals surface area contributed by atoms with Crippen LogP contribution in [0.4, 0.5) is 0 Å².